The minimum atomic E-state index is -0.196. The maximum atomic E-state index is 11.9. The highest BCUT2D eigenvalue weighted by atomic mass is 16.7. The summed E-state index contributed by atoms with van der Waals surface area (Å²) in [6, 6.07) is 10.8. The number of ether oxygens (including phenoxy) is 4. The van der Waals surface area contributed by atoms with Gasteiger partial charge in [0.05, 0.1) is 0 Å². The van der Waals surface area contributed by atoms with Crippen LogP contribution in [0.5, 0.6) is 23.0 Å². The van der Waals surface area contributed by atoms with Gasteiger partial charge in [0, 0.05) is 26.2 Å². The van der Waals surface area contributed by atoms with Crippen LogP contribution in [0.15, 0.2) is 36.4 Å². The Kier molecular flexibility index (Phi) is 8.15. The summed E-state index contributed by atoms with van der Waals surface area (Å²) < 4.78 is 21.2. The number of hydrogen-bond acceptors (Lipinski definition) is 6. The summed E-state index contributed by atoms with van der Waals surface area (Å²) in [4.78, 5) is 23.9. The van der Waals surface area contributed by atoms with Crippen molar-refractivity contribution in [2.75, 3.05) is 26.7 Å². The third kappa shape index (κ3) is 6.84. The molecule has 10 heteroatoms. The molecule has 10 nitrogen and oxygen atoms in total. The fourth-order valence-corrected chi connectivity index (χ4v) is 3.60. The summed E-state index contributed by atoms with van der Waals surface area (Å²) in [6.07, 6.45) is 3.72. The maximum Gasteiger partial charge on any atom is 0.315 e. The van der Waals surface area contributed by atoms with Crippen molar-refractivity contribution in [3.63, 3.8) is 0 Å². The number of amides is 4. The van der Waals surface area contributed by atoms with E-state index in [2.05, 4.69) is 21.3 Å². The Labute approximate surface area is 198 Å². The first kappa shape index (κ1) is 23.3. The normalized spacial score (nSPS) is 12.8. The largest absolute Gasteiger partial charge is 0.454 e. The number of benzene rings is 2. The van der Waals surface area contributed by atoms with E-state index in [0.717, 1.165) is 48.3 Å². The molecule has 182 valence electrons. The Morgan fingerprint density at radius 1 is 0.588 bits per heavy atom. The van der Waals surface area contributed by atoms with Gasteiger partial charge in [-0.05, 0) is 48.2 Å². The van der Waals surface area contributed by atoms with Gasteiger partial charge >= 0.3 is 12.1 Å². The first-order chi connectivity index (χ1) is 16.7. The second-order valence-corrected chi connectivity index (χ2v) is 8.01. The molecule has 0 bridgehead atoms. The predicted molar refractivity (Wildman–Crippen MR) is 124 cm³/mol. The number of urea groups is 2. The molecule has 34 heavy (non-hydrogen) atoms. The molecule has 4 rings (SSSR count). The summed E-state index contributed by atoms with van der Waals surface area (Å²) in [7, 11) is 0. The Bertz CT molecular complexity index is 920. The van der Waals surface area contributed by atoms with E-state index in [9.17, 15) is 9.59 Å². The van der Waals surface area contributed by atoms with Gasteiger partial charge in [0.1, 0.15) is 0 Å². The van der Waals surface area contributed by atoms with Crippen LogP contribution in [-0.2, 0) is 13.1 Å². The lowest BCUT2D eigenvalue weighted by atomic mass is 10.2. The van der Waals surface area contributed by atoms with Gasteiger partial charge in [0.2, 0.25) is 13.6 Å². The second-order valence-electron chi connectivity index (χ2n) is 8.01. The van der Waals surface area contributed by atoms with Crippen molar-refractivity contribution in [3.05, 3.63) is 47.5 Å². The second kappa shape index (κ2) is 11.9. The lowest BCUT2D eigenvalue weighted by Gasteiger charge is -2.09. The molecule has 0 fully saturated rings. The van der Waals surface area contributed by atoms with E-state index >= 15 is 0 Å². The first-order valence-electron chi connectivity index (χ1n) is 11.5. The van der Waals surface area contributed by atoms with Crippen LogP contribution in [0.3, 0.4) is 0 Å². The Balaban J connectivity index is 0.976. The van der Waals surface area contributed by atoms with Gasteiger partial charge in [-0.2, -0.15) is 0 Å². The minimum Gasteiger partial charge on any atom is -0.454 e. The van der Waals surface area contributed by atoms with Crippen LogP contribution in [0, 0.1) is 0 Å². The molecular weight excluding hydrogens is 440 g/mol. The molecule has 0 aliphatic carbocycles. The molecule has 4 amide bonds. The SMILES string of the molecule is O=C(NCCCCCCNC(=O)NCc1ccc2c(c1)OCO2)NCc1ccc2c(c1)OCO2. The summed E-state index contributed by atoms with van der Waals surface area (Å²) in [5.41, 5.74) is 1.90. The fraction of sp³-hybridized carbons (Fsp3) is 0.417. The molecule has 4 N–H and O–H groups in total. The smallest absolute Gasteiger partial charge is 0.315 e. The summed E-state index contributed by atoms with van der Waals surface area (Å²) in [5, 5.41) is 11.4. The molecule has 2 aromatic rings. The molecule has 0 atom stereocenters. The van der Waals surface area contributed by atoms with E-state index in [1.54, 1.807) is 0 Å². The molecule has 0 saturated carbocycles. The van der Waals surface area contributed by atoms with E-state index < -0.39 is 0 Å². The molecule has 0 saturated heterocycles. The van der Waals surface area contributed by atoms with Crippen molar-refractivity contribution in [1.82, 2.24) is 21.3 Å². The Morgan fingerprint density at radius 3 is 1.50 bits per heavy atom. The van der Waals surface area contributed by atoms with Crippen molar-refractivity contribution < 1.29 is 28.5 Å². The Hall–Kier alpha value is -3.82. The number of rotatable bonds is 11. The summed E-state index contributed by atoms with van der Waals surface area (Å²) >= 11 is 0. The van der Waals surface area contributed by atoms with Crippen molar-refractivity contribution in [2.24, 2.45) is 0 Å². The van der Waals surface area contributed by atoms with E-state index in [1.165, 1.54) is 0 Å². The quantitative estimate of drug-likeness (QED) is 0.375. The molecule has 2 aliphatic rings. The van der Waals surface area contributed by atoms with Crippen LogP contribution < -0.4 is 40.2 Å². The van der Waals surface area contributed by atoms with Crippen molar-refractivity contribution >= 4 is 12.1 Å². The molecular formula is C24H30N4O6. The van der Waals surface area contributed by atoms with Gasteiger partial charge in [0.25, 0.3) is 0 Å². The maximum absolute atomic E-state index is 11.9. The highest BCUT2D eigenvalue weighted by Crippen LogP contribution is 2.33. The van der Waals surface area contributed by atoms with E-state index in [-0.39, 0.29) is 25.6 Å². The first-order valence-corrected chi connectivity index (χ1v) is 11.5. The van der Waals surface area contributed by atoms with Gasteiger partial charge in [-0.15, -0.1) is 0 Å². The minimum absolute atomic E-state index is 0.196. The number of hydrogen-bond donors (Lipinski definition) is 4. The molecule has 2 aliphatic heterocycles. The number of carbonyl (C=O) groups excluding carboxylic acids is 2. The van der Waals surface area contributed by atoms with Gasteiger partial charge < -0.3 is 40.2 Å². The van der Waals surface area contributed by atoms with Crippen LogP contribution in [0.4, 0.5) is 9.59 Å². The average Bonchev–Trinajstić information content (AvgIpc) is 3.51. The van der Waals surface area contributed by atoms with Crippen LogP contribution in [0.1, 0.15) is 36.8 Å². The topological polar surface area (TPSA) is 119 Å². The van der Waals surface area contributed by atoms with Crippen molar-refractivity contribution in [2.45, 2.75) is 38.8 Å². The van der Waals surface area contributed by atoms with Crippen LogP contribution >= 0.6 is 0 Å². The average molecular weight is 471 g/mol. The Morgan fingerprint density at radius 2 is 1.03 bits per heavy atom. The number of fused-ring (bicyclic) bond motifs is 2. The lowest BCUT2D eigenvalue weighted by Crippen LogP contribution is -2.35. The predicted octanol–water partition coefficient (Wildman–Crippen LogP) is 3.00. The standard InChI is InChI=1S/C24H30N4O6/c29-23(27-13-17-5-7-19-21(11-17)33-15-31-19)25-9-3-1-2-4-10-26-24(30)28-14-18-6-8-20-22(12-18)34-16-32-20/h5-8,11-12H,1-4,9-10,13-16H2,(H2,25,27,29)(H2,26,28,30). The van der Waals surface area contributed by atoms with Crippen LogP contribution in [0.2, 0.25) is 0 Å². The molecule has 0 unspecified atom stereocenters. The zero-order valence-corrected chi connectivity index (χ0v) is 19.0. The zero-order chi connectivity index (χ0) is 23.6. The molecule has 0 aromatic heterocycles. The van der Waals surface area contributed by atoms with Gasteiger partial charge in [-0.1, -0.05) is 25.0 Å². The third-order valence-electron chi connectivity index (χ3n) is 5.45. The number of carbonyl (C=O) groups is 2. The third-order valence-corrected chi connectivity index (χ3v) is 5.45. The molecule has 0 spiro atoms. The van der Waals surface area contributed by atoms with Gasteiger partial charge in [0.15, 0.2) is 23.0 Å². The van der Waals surface area contributed by atoms with Crippen LogP contribution in [-0.4, -0.2) is 38.7 Å². The zero-order valence-electron chi connectivity index (χ0n) is 19.0. The van der Waals surface area contributed by atoms with E-state index in [0.29, 0.717) is 37.7 Å². The van der Waals surface area contributed by atoms with Gasteiger partial charge in [-0.25, -0.2) is 9.59 Å². The van der Waals surface area contributed by atoms with Crippen molar-refractivity contribution in [3.8, 4) is 23.0 Å². The summed E-state index contributed by atoms with van der Waals surface area (Å²) in [5.74, 6) is 2.86. The molecule has 0 radical (unpaired) electrons. The summed E-state index contributed by atoms with van der Waals surface area (Å²) in [6.45, 7) is 2.53. The van der Waals surface area contributed by atoms with Gasteiger partial charge in [-0.3, -0.25) is 0 Å². The molecule has 2 heterocycles. The fourth-order valence-electron chi connectivity index (χ4n) is 3.60. The van der Waals surface area contributed by atoms with Crippen molar-refractivity contribution in [1.29, 1.82) is 0 Å². The highest BCUT2D eigenvalue weighted by molar-refractivity contribution is 5.74. The number of unbranched alkanes of at least 4 members (excludes halogenated alkanes) is 3. The van der Waals surface area contributed by atoms with E-state index in [4.69, 9.17) is 18.9 Å². The molecule has 2 aromatic carbocycles. The number of nitrogens with one attached hydrogen (secondary N) is 4. The van der Waals surface area contributed by atoms with E-state index in [1.807, 2.05) is 36.4 Å². The monoisotopic (exact) mass is 470 g/mol. The lowest BCUT2D eigenvalue weighted by molar-refractivity contribution is 0.173. The van der Waals surface area contributed by atoms with Crippen LogP contribution in [0.25, 0.3) is 0 Å². The highest BCUT2D eigenvalue weighted by Gasteiger charge is 2.14.